The molecule has 0 aliphatic rings. The summed E-state index contributed by atoms with van der Waals surface area (Å²) in [5, 5.41) is 31.9. The molecule has 0 saturated carbocycles. The van der Waals surface area contributed by atoms with Crippen molar-refractivity contribution in [1.82, 2.24) is 20.4 Å². The predicted octanol–water partition coefficient (Wildman–Crippen LogP) is 5.04. The Hall–Kier alpha value is -4.92. The van der Waals surface area contributed by atoms with Crippen LogP contribution in [-0.2, 0) is 0 Å². The molecule has 0 saturated heterocycles. The molecule has 0 atom stereocenters. The molecule has 33 heavy (non-hydrogen) atoms. The number of H-pyrrole nitrogens is 1. The third-order valence-corrected chi connectivity index (χ3v) is 5.08. The molecule has 5 rings (SSSR count). The van der Waals surface area contributed by atoms with E-state index < -0.39 is 4.92 Å². The molecule has 9 nitrogen and oxygen atoms in total. The monoisotopic (exact) mass is 435 g/mol. The van der Waals surface area contributed by atoms with Gasteiger partial charge in [-0.15, -0.1) is 10.2 Å². The lowest BCUT2D eigenvalue weighted by Crippen LogP contribution is -1.97. The van der Waals surface area contributed by atoms with Gasteiger partial charge in [0.05, 0.1) is 16.5 Å². The number of hydrogen-bond acceptors (Lipinski definition) is 7. The minimum absolute atomic E-state index is 0.0270. The highest BCUT2D eigenvalue weighted by molar-refractivity contribution is 6.05. The van der Waals surface area contributed by atoms with E-state index in [4.69, 9.17) is 0 Å². The molecule has 0 amide bonds. The van der Waals surface area contributed by atoms with Gasteiger partial charge in [-0.25, -0.2) is 0 Å². The third kappa shape index (κ3) is 4.02. The van der Waals surface area contributed by atoms with Crippen molar-refractivity contribution in [2.45, 2.75) is 0 Å². The molecule has 0 spiro atoms. The van der Waals surface area contributed by atoms with Crippen LogP contribution in [0.15, 0.2) is 90.0 Å². The normalized spacial score (nSPS) is 11.2. The summed E-state index contributed by atoms with van der Waals surface area (Å²) in [5.74, 6) is 0.564. The summed E-state index contributed by atoms with van der Waals surface area (Å²) in [4.78, 5) is 10.4. The molecule has 0 bridgehead atoms. The molecule has 0 aliphatic carbocycles. The van der Waals surface area contributed by atoms with Crippen LogP contribution in [0.5, 0.6) is 0 Å². The second-order valence-corrected chi connectivity index (χ2v) is 7.17. The fourth-order valence-electron chi connectivity index (χ4n) is 3.53. The van der Waals surface area contributed by atoms with Gasteiger partial charge in [0, 0.05) is 23.3 Å². The second kappa shape index (κ2) is 8.67. The fraction of sp³-hybridized carbons (Fsp3) is 0. The Kier molecular flexibility index (Phi) is 5.26. The summed E-state index contributed by atoms with van der Waals surface area (Å²) in [6, 6.07) is 25.9. The summed E-state index contributed by atoms with van der Waals surface area (Å²) in [7, 11) is 0. The van der Waals surface area contributed by atoms with Crippen LogP contribution in [0.4, 0.5) is 11.5 Å². The van der Waals surface area contributed by atoms with Crippen molar-refractivity contribution in [2.24, 2.45) is 5.10 Å². The standard InChI is InChI=1S/C24H17N7O2/c32-31(33)19-13-11-16(12-14-19)15-25-27-23-21-20(17-7-3-1-4-8-17)22(18-9-5-2-6-10-18)26-28-24(21)30-29-23/h1-15H,(H2,27,28,29,30). The number of benzene rings is 3. The number of hydrazone groups is 1. The quantitative estimate of drug-likeness (QED) is 0.219. The Bertz CT molecular complexity index is 1450. The van der Waals surface area contributed by atoms with Gasteiger partial charge in [-0.3, -0.25) is 20.6 Å². The summed E-state index contributed by atoms with van der Waals surface area (Å²) in [6.45, 7) is 0. The van der Waals surface area contributed by atoms with E-state index in [2.05, 4.69) is 30.9 Å². The first-order chi connectivity index (χ1) is 16.2. The van der Waals surface area contributed by atoms with E-state index in [9.17, 15) is 10.1 Å². The molecule has 0 radical (unpaired) electrons. The van der Waals surface area contributed by atoms with E-state index in [-0.39, 0.29) is 5.69 Å². The molecule has 0 unspecified atom stereocenters. The Balaban J connectivity index is 1.57. The average Bonchev–Trinajstić information content (AvgIpc) is 3.28. The van der Waals surface area contributed by atoms with Crippen LogP contribution in [0.1, 0.15) is 5.56 Å². The zero-order valence-electron chi connectivity index (χ0n) is 17.2. The summed E-state index contributed by atoms with van der Waals surface area (Å²) in [6.07, 6.45) is 1.57. The molecule has 2 aromatic heterocycles. The maximum Gasteiger partial charge on any atom is 0.269 e. The zero-order chi connectivity index (χ0) is 22.6. The average molecular weight is 435 g/mol. The summed E-state index contributed by atoms with van der Waals surface area (Å²) >= 11 is 0. The van der Waals surface area contributed by atoms with Crippen molar-refractivity contribution in [3.63, 3.8) is 0 Å². The highest BCUT2D eigenvalue weighted by Crippen LogP contribution is 2.38. The lowest BCUT2D eigenvalue weighted by atomic mass is 9.97. The van der Waals surface area contributed by atoms with Gasteiger partial charge in [0.1, 0.15) is 5.69 Å². The number of nitro benzene ring substituents is 1. The van der Waals surface area contributed by atoms with Gasteiger partial charge < -0.3 is 0 Å². The van der Waals surface area contributed by atoms with Crippen LogP contribution in [0, 0.1) is 10.1 Å². The first-order valence-electron chi connectivity index (χ1n) is 10.1. The number of nitro groups is 1. The van der Waals surface area contributed by atoms with Gasteiger partial charge in [0.25, 0.3) is 5.69 Å². The minimum atomic E-state index is -0.438. The highest BCUT2D eigenvalue weighted by Gasteiger charge is 2.19. The van der Waals surface area contributed by atoms with Crippen molar-refractivity contribution >= 4 is 28.8 Å². The molecule has 2 N–H and O–H groups in total. The highest BCUT2D eigenvalue weighted by atomic mass is 16.6. The van der Waals surface area contributed by atoms with E-state index in [0.717, 1.165) is 27.8 Å². The van der Waals surface area contributed by atoms with Crippen LogP contribution in [0.3, 0.4) is 0 Å². The topological polar surface area (TPSA) is 122 Å². The molecule has 0 fully saturated rings. The van der Waals surface area contributed by atoms with Crippen molar-refractivity contribution in [1.29, 1.82) is 0 Å². The lowest BCUT2D eigenvalue weighted by molar-refractivity contribution is -0.384. The Labute approximate surface area is 188 Å². The predicted molar refractivity (Wildman–Crippen MR) is 127 cm³/mol. The maximum atomic E-state index is 10.8. The smallest absolute Gasteiger partial charge is 0.261 e. The molecule has 160 valence electrons. The van der Waals surface area contributed by atoms with Crippen molar-refractivity contribution in [3.8, 4) is 22.4 Å². The number of nitrogens with one attached hydrogen (secondary N) is 2. The third-order valence-electron chi connectivity index (χ3n) is 5.08. The van der Waals surface area contributed by atoms with Crippen molar-refractivity contribution in [3.05, 3.63) is 101 Å². The van der Waals surface area contributed by atoms with Gasteiger partial charge in [-0.2, -0.15) is 10.2 Å². The number of anilines is 1. The van der Waals surface area contributed by atoms with Crippen LogP contribution >= 0.6 is 0 Å². The summed E-state index contributed by atoms with van der Waals surface area (Å²) in [5.41, 5.74) is 7.72. The van der Waals surface area contributed by atoms with E-state index in [0.29, 0.717) is 17.0 Å². The van der Waals surface area contributed by atoms with Crippen LogP contribution < -0.4 is 5.43 Å². The largest absolute Gasteiger partial charge is 0.269 e. The molecule has 2 heterocycles. The van der Waals surface area contributed by atoms with E-state index in [1.807, 2.05) is 60.7 Å². The van der Waals surface area contributed by atoms with Crippen LogP contribution in [0.25, 0.3) is 33.4 Å². The van der Waals surface area contributed by atoms with Gasteiger partial charge >= 0.3 is 0 Å². The van der Waals surface area contributed by atoms with Crippen molar-refractivity contribution < 1.29 is 4.92 Å². The fourth-order valence-corrected chi connectivity index (χ4v) is 3.53. The number of nitrogens with zero attached hydrogens (tertiary/aromatic N) is 5. The molecule has 9 heteroatoms. The Morgan fingerprint density at radius 3 is 2.21 bits per heavy atom. The van der Waals surface area contributed by atoms with Crippen molar-refractivity contribution in [2.75, 3.05) is 5.43 Å². The first kappa shape index (κ1) is 20.0. The number of aromatic amines is 1. The minimum Gasteiger partial charge on any atom is -0.261 e. The second-order valence-electron chi connectivity index (χ2n) is 7.17. The number of hydrogen-bond donors (Lipinski definition) is 2. The van der Waals surface area contributed by atoms with Gasteiger partial charge in [0.2, 0.25) is 5.65 Å². The number of aromatic nitrogens is 4. The van der Waals surface area contributed by atoms with E-state index in [1.165, 1.54) is 12.1 Å². The van der Waals surface area contributed by atoms with E-state index in [1.54, 1.807) is 18.3 Å². The SMILES string of the molecule is O=[N+]([O-])c1ccc(C=NNc2[nH]nc3nnc(-c4ccccc4)c(-c4ccccc4)c23)cc1. The molecule has 0 aliphatic heterocycles. The molecule has 5 aromatic rings. The number of rotatable bonds is 6. The van der Waals surface area contributed by atoms with Gasteiger partial charge in [0.15, 0.2) is 5.82 Å². The zero-order valence-corrected chi connectivity index (χ0v) is 17.2. The maximum absolute atomic E-state index is 10.8. The molecular formula is C24H17N7O2. The number of fused-ring (bicyclic) bond motifs is 1. The Morgan fingerprint density at radius 1 is 0.879 bits per heavy atom. The summed E-state index contributed by atoms with van der Waals surface area (Å²) < 4.78 is 0. The first-order valence-corrected chi connectivity index (χ1v) is 10.1. The van der Waals surface area contributed by atoms with Gasteiger partial charge in [-0.05, 0) is 23.3 Å². The Morgan fingerprint density at radius 2 is 1.55 bits per heavy atom. The number of non-ortho nitro benzene ring substituents is 1. The lowest BCUT2D eigenvalue weighted by Gasteiger charge is -2.10. The molecule has 3 aromatic carbocycles. The van der Waals surface area contributed by atoms with Gasteiger partial charge in [-0.1, -0.05) is 60.7 Å². The molecular weight excluding hydrogens is 418 g/mol. The van der Waals surface area contributed by atoms with E-state index >= 15 is 0 Å². The van der Waals surface area contributed by atoms with Crippen LogP contribution in [0.2, 0.25) is 0 Å². The van der Waals surface area contributed by atoms with Crippen LogP contribution in [-0.4, -0.2) is 31.5 Å².